The van der Waals surface area contributed by atoms with Crippen LogP contribution in [-0.4, -0.2) is 40.0 Å². The van der Waals surface area contributed by atoms with Crippen LogP contribution in [0.3, 0.4) is 0 Å². The SMILES string of the molecule is O=C([C@@H]1CCCO1)N1CCC[C@@H]1c1nc2ccccc2[nH]1. The first-order valence-electron chi connectivity index (χ1n) is 7.69. The Morgan fingerprint density at radius 3 is 3.00 bits per heavy atom. The van der Waals surface area contributed by atoms with Crippen LogP contribution in [0.1, 0.15) is 37.5 Å². The molecule has 21 heavy (non-hydrogen) atoms. The summed E-state index contributed by atoms with van der Waals surface area (Å²) in [5.41, 5.74) is 1.99. The highest BCUT2D eigenvalue weighted by molar-refractivity contribution is 5.82. The highest BCUT2D eigenvalue weighted by Crippen LogP contribution is 2.33. The van der Waals surface area contributed by atoms with Gasteiger partial charge in [0.15, 0.2) is 0 Å². The third kappa shape index (κ3) is 2.21. The molecule has 1 amide bonds. The average molecular weight is 285 g/mol. The molecule has 5 nitrogen and oxygen atoms in total. The molecule has 2 aliphatic heterocycles. The van der Waals surface area contributed by atoms with Gasteiger partial charge < -0.3 is 14.6 Å². The normalized spacial score (nSPS) is 25.8. The molecule has 0 aliphatic carbocycles. The van der Waals surface area contributed by atoms with E-state index < -0.39 is 0 Å². The predicted octanol–water partition coefficient (Wildman–Crippen LogP) is 2.41. The van der Waals surface area contributed by atoms with Crippen LogP contribution < -0.4 is 0 Å². The number of aromatic amines is 1. The fraction of sp³-hybridized carbons (Fsp3) is 0.500. The van der Waals surface area contributed by atoms with Crippen molar-refractivity contribution in [3.05, 3.63) is 30.1 Å². The van der Waals surface area contributed by atoms with Crippen molar-refractivity contribution in [2.45, 2.75) is 37.8 Å². The zero-order chi connectivity index (χ0) is 14.2. The number of para-hydroxylation sites is 2. The lowest BCUT2D eigenvalue weighted by Gasteiger charge is -2.25. The van der Waals surface area contributed by atoms with Gasteiger partial charge in [0.2, 0.25) is 0 Å². The Morgan fingerprint density at radius 2 is 2.19 bits per heavy atom. The Kier molecular flexibility index (Phi) is 3.15. The minimum Gasteiger partial charge on any atom is -0.368 e. The molecule has 110 valence electrons. The van der Waals surface area contributed by atoms with Crippen molar-refractivity contribution in [1.82, 2.24) is 14.9 Å². The molecule has 3 heterocycles. The lowest BCUT2D eigenvalue weighted by molar-refractivity contribution is -0.142. The van der Waals surface area contributed by atoms with Gasteiger partial charge in [0.05, 0.1) is 17.1 Å². The summed E-state index contributed by atoms with van der Waals surface area (Å²) in [5, 5.41) is 0. The number of carbonyl (C=O) groups excluding carboxylic acids is 1. The maximum atomic E-state index is 12.6. The van der Waals surface area contributed by atoms with E-state index in [1.54, 1.807) is 0 Å². The molecule has 2 atom stereocenters. The molecule has 2 aromatic rings. The molecule has 5 heteroatoms. The Hall–Kier alpha value is -1.88. The van der Waals surface area contributed by atoms with Gasteiger partial charge in [0.1, 0.15) is 11.9 Å². The average Bonchev–Trinajstić information content (AvgIpc) is 3.24. The van der Waals surface area contributed by atoms with E-state index in [4.69, 9.17) is 4.74 Å². The third-order valence-electron chi connectivity index (χ3n) is 4.46. The highest BCUT2D eigenvalue weighted by atomic mass is 16.5. The van der Waals surface area contributed by atoms with Crippen LogP contribution in [0.15, 0.2) is 24.3 Å². The van der Waals surface area contributed by atoms with E-state index in [0.717, 1.165) is 49.1 Å². The molecular weight excluding hydrogens is 266 g/mol. The Labute approximate surface area is 123 Å². The molecule has 1 aromatic carbocycles. The molecule has 4 rings (SSSR count). The van der Waals surface area contributed by atoms with Crippen LogP contribution in [-0.2, 0) is 9.53 Å². The molecule has 0 spiro atoms. The van der Waals surface area contributed by atoms with Gasteiger partial charge in [-0.25, -0.2) is 4.98 Å². The van der Waals surface area contributed by atoms with Crippen molar-refractivity contribution in [3.8, 4) is 0 Å². The zero-order valence-electron chi connectivity index (χ0n) is 11.9. The minimum absolute atomic E-state index is 0.0640. The number of nitrogens with zero attached hydrogens (tertiary/aromatic N) is 2. The van der Waals surface area contributed by atoms with Crippen LogP contribution in [0.5, 0.6) is 0 Å². The number of benzene rings is 1. The van der Waals surface area contributed by atoms with Crippen molar-refractivity contribution < 1.29 is 9.53 Å². The van der Waals surface area contributed by atoms with Crippen molar-refractivity contribution in [1.29, 1.82) is 0 Å². The molecule has 0 saturated carbocycles. The number of imidazole rings is 1. The van der Waals surface area contributed by atoms with E-state index in [-0.39, 0.29) is 18.1 Å². The maximum absolute atomic E-state index is 12.6. The first-order valence-corrected chi connectivity index (χ1v) is 7.69. The molecule has 2 aliphatic rings. The largest absolute Gasteiger partial charge is 0.368 e. The quantitative estimate of drug-likeness (QED) is 0.921. The van der Waals surface area contributed by atoms with E-state index in [1.807, 2.05) is 29.2 Å². The number of ether oxygens (including phenoxy) is 1. The van der Waals surface area contributed by atoms with Crippen molar-refractivity contribution in [3.63, 3.8) is 0 Å². The molecule has 1 aromatic heterocycles. The Morgan fingerprint density at radius 1 is 1.29 bits per heavy atom. The summed E-state index contributed by atoms with van der Waals surface area (Å²) in [6, 6.07) is 8.06. The first kappa shape index (κ1) is 12.8. The van der Waals surface area contributed by atoms with Gasteiger partial charge in [-0.1, -0.05) is 12.1 Å². The van der Waals surface area contributed by atoms with Crippen LogP contribution in [0.2, 0.25) is 0 Å². The smallest absolute Gasteiger partial charge is 0.252 e. The number of hydrogen-bond acceptors (Lipinski definition) is 3. The van der Waals surface area contributed by atoms with Crippen LogP contribution in [0.25, 0.3) is 11.0 Å². The number of nitrogens with one attached hydrogen (secondary N) is 1. The second-order valence-electron chi connectivity index (χ2n) is 5.83. The topological polar surface area (TPSA) is 58.2 Å². The van der Waals surface area contributed by atoms with Gasteiger partial charge in [0.25, 0.3) is 5.91 Å². The number of likely N-dealkylation sites (tertiary alicyclic amines) is 1. The van der Waals surface area contributed by atoms with E-state index in [2.05, 4.69) is 9.97 Å². The molecule has 0 bridgehead atoms. The van der Waals surface area contributed by atoms with E-state index in [0.29, 0.717) is 6.61 Å². The van der Waals surface area contributed by atoms with Crippen molar-refractivity contribution >= 4 is 16.9 Å². The number of carbonyl (C=O) groups is 1. The monoisotopic (exact) mass is 285 g/mol. The summed E-state index contributed by atoms with van der Waals surface area (Å²) in [6.45, 7) is 1.51. The molecule has 0 unspecified atom stereocenters. The number of H-pyrrole nitrogens is 1. The van der Waals surface area contributed by atoms with Gasteiger partial charge in [-0.3, -0.25) is 4.79 Å². The number of rotatable bonds is 2. The summed E-state index contributed by atoms with van der Waals surface area (Å²) < 4.78 is 5.55. The van der Waals surface area contributed by atoms with Gasteiger partial charge >= 0.3 is 0 Å². The fourth-order valence-electron chi connectivity index (χ4n) is 3.40. The molecule has 1 N–H and O–H groups in total. The van der Waals surface area contributed by atoms with Gasteiger partial charge in [-0.2, -0.15) is 0 Å². The summed E-state index contributed by atoms with van der Waals surface area (Å²) in [4.78, 5) is 22.6. The van der Waals surface area contributed by atoms with E-state index >= 15 is 0 Å². The van der Waals surface area contributed by atoms with Crippen LogP contribution in [0, 0.1) is 0 Å². The minimum atomic E-state index is -0.241. The van der Waals surface area contributed by atoms with Crippen molar-refractivity contribution in [2.24, 2.45) is 0 Å². The molecule has 0 radical (unpaired) electrons. The van der Waals surface area contributed by atoms with Crippen LogP contribution in [0.4, 0.5) is 0 Å². The van der Waals surface area contributed by atoms with Gasteiger partial charge in [-0.05, 0) is 37.8 Å². The number of aromatic nitrogens is 2. The molecular formula is C16H19N3O2. The molecule has 2 fully saturated rings. The lowest BCUT2D eigenvalue weighted by Crippen LogP contribution is -2.38. The maximum Gasteiger partial charge on any atom is 0.252 e. The summed E-state index contributed by atoms with van der Waals surface area (Å²) >= 11 is 0. The van der Waals surface area contributed by atoms with Gasteiger partial charge in [0, 0.05) is 13.2 Å². The highest BCUT2D eigenvalue weighted by Gasteiger charge is 2.37. The lowest BCUT2D eigenvalue weighted by atomic mass is 10.1. The Balaban J connectivity index is 1.62. The van der Waals surface area contributed by atoms with Crippen molar-refractivity contribution in [2.75, 3.05) is 13.2 Å². The predicted molar refractivity (Wildman–Crippen MR) is 78.8 cm³/mol. The second-order valence-corrected chi connectivity index (χ2v) is 5.83. The zero-order valence-corrected chi connectivity index (χ0v) is 11.9. The first-order chi connectivity index (χ1) is 10.3. The number of hydrogen-bond donors (Lipinski definition) is 1. The summed E-state index contributed by atoms with van der Waals surface area (Å²) in [7, 11) is 0. The van der Waals surface area contributed by atoms with Crippen LogP contribution >= 0.6 is 0 Å². The van der Waals surface area contributed by atoms with Gasteiger partial charge in [-0.15, -0.1) is 0 Å². The standard InChI is InChI=1S/C16H19N3O2/c20-16(14-8-4-10-21-14)19-9-3-7-13(19)15-17-11-5-1-2-6-12(11)18-15/h1-2,5-6,13-14H,3-4,7-10H2,(H,17,18)/t13-,14+/m1/s1. The fourth-order valence-corrected chi connectivity index (χ4v) is 3.40. The number of fused-ring (bicyclic) bond motifs is 1. The summed E-state index contributed by atoms with van der Waals surface area (Å²) in [5.74, 6) is 1.04. The van der Waals surface area contributed by atoms with E-state index in [1.165, 1.54) is 0 Å². The number of amides is 1. The second kappa shape index (κ2) is 5.15. The summed E-state index contributed by atoms with van der Waals surface area (Å²) in [6.07, 6.45) is 3.59. The van der Waals surface area contributed by atoms with E-state index in [9.17, 15) is 4.79 Å². The molecule has 2 saturated heterocycles. The third-order valence-corrected chi connectivity index (χ3v) is 4.46. The Bertz CT molecular complexity index is 627.